The van der Waals surface area contributed by atoms with Gasteiger partial charge in [0.05, 0.1) is 5.92 Å². The molecule has 2 aliphatic rings. The number of esters is 1. The average molecular weight is 367 g/mol. The zero-order valence-electron chi connectivity index (χ0n) is 14.7. The lowest BCUT2D eigenvalue weighted by atomic mass is 9.91. The summed E-state index contributed by atoms with van der Waals surface area (Å²) in [6.07, 6.45) is 1.13. The van der Waals surface area contributed by atoms with Crippen molar-refractivity contribution in [3.63, 3.8) is 0 Å². The molecule has 0 spiro atoms. The molecular formula is C21H21NO5. The number of ether oxygens (including phenoxy) is 2. The molecule has 3 N–H and O–H groups in total. The quantitative estimate of drug-likeness (QED) is 0.762. The van der Waals surface area contributed by atoms with Crippen LogP contribution in [-0.4, -0.2) is 22.6 Å². The van der Waals surface area contributed by atoms with Gasteiger partial charge in [-0.05, 0) is 48.6 Å². The number of fused-ring (bicyclic) bond motifs is 1. The molecule has 0 radical (unpaired) electrons. The zero-order valence-corrected chi connectivity index (χ0v) is 14.7. The Morgan fingerprint density at radius 3 is 2.56 bits per heavy atom. The third-order valence-electron chi connectivity index (χ3n) is 5.57. The SMILES string of the molecule is N[C@@]1(C(=O)OCc2cccc(Oc3ccccc3)c2)CC[C@H]2[C@H](C(=O)O)[C@H]21. The van der Waals surface area contributed by atoms with Crippen LogP contribution in [0.15, 0.2) is 54.6 Å². The Balaban J connectivity index is 1.38. The van der Waals surface area contributed by atoms with Gasteiger partial charge in [0, 0.05) is 5.92 Å². The number of rotatable bonds is 6. The standard InChI is InChI=1S/C21H21NO5/c22-21(10-9-16-17(18(16)21)19(23)24)20(25)26-12-13-5-4-8-15(11-13)27-14-6-2-1-3-7-14/h1-8,11,16-18H,9-10,12,22H2,(H,23,24)/t16-,17-,18-,21-/m0/s1. The van der Waals surface area contributed by atoms with E-state index in [0.717, 1.165) is 11.3 Å². The van der Waals surface area contributed by atoms with Crippen LogP contribution in [0, 0.1) is 17.8 Å². The predicted octanol–water partition coefficient (Wildman–Crippen LogP) is 2.96. The molecule has 0 heterocycles. The van der Waals surface area contributed by atoms with Crippen LogP contribution in [0.3, 0.4) is 0 Å². The van der Waals surface area contributed by atoms with Crippen molar-refractivity contribution >= 4 is 11.9 Å². The van der Waals surface area contributed by atoms with Crippen molar-refractivity contribution in [2.75, 3.05) is 0 Å². The Hall–Kier alpha value is -2.86. The van der Waals surface area contributed by atoms with Gasteiger partial charge >= 0.3 is 11.9 Å². The number of aliphatic carboxylic acids is 1. The Labute approximate surface area is 156 Å². The highest BCUT2D eigenvalue weighted by Gasteiger charge is 2.70. The summed E-state index contributed by atoms with van der Waals surface area (Å²) >= 11 is 0. The van der Waals surface area contributed by atoms with Gasteiger partial charge < -0.3 is 20.3 Å². The maximum atomic E-state index is 12.6. The number of carbonyl (C=O) groups excluding carboxylic acids is 1. The molecule has 2 fully saturated rings. The lowest BCUT2D eigenvalue weighted by Gasteiger charge is -2.24. The summed E-state index contributed by atoms with van der Waals surface area (Å²) in [5.74, 6) is -0.854. The summed E-state index contributed by atoms with van der Waals surface area (Å²) in [7, 11) is 0. The number of para-hydroxylation sites is 1. The first kappa shape index (κ1) is 17.5. The van der Waals surface area contributed by atoms with Gasteiger partial charge in [0.25, 0.3) is 0 Å². The van der Waals surface area contributed by atoms with E-state index in [1.54, 1.807) is 6.07 Å². The molecule has 4 rings (SSSR count). The maximum absolute atomic E-state index is 12.6. The van der Waals surface area contributed by atoms with Gasteiger partial charge in [-0.2, -0.15) is 0 Å². The fourth-order valence-corrected chi connectivity index (χ4v) is 4.19. The lowest BCUT2D eigenvalue weighted by molar-refractivity contribution is -0.153. The van der Waals surface area contributed by atoms with E-state index < -0.39 is 23.4 Å². The van der Waals surface area contributed by atoms with Crippen molar-refractivity contribution in [1.29, 1.82) is 0 Å². The van der Waals surface area contributed by atoms with Gasteiger partial charge in [-0.3, -0.25) is 9.59 Å². The molecule has 0 unspecified atom stereocenters. The summed E-state index contributed by atoms with van der Waals surface area (Å²) in [4.78, 5) is 23.8. The molecule has 4 atom stereocenters. The highest BCUT2D eigenvalue weighted by Crippen LogP contribution is 2.61. The van der Waals surface area contributed by atoms with Gasteiger partial charge in [-0.25, -0.2) is 0 Å². The van der Waals surface area contributed by atoms with Gasteiger partial charge in [0.1, 0.15) is 23.6 Å². The molecule has 2 aliphatic carbocycles. The van der Waals surface area contributed by atoms with E-state index in [1.165, 1.54) is 0 Å². The molecule has 6 heteroatoms. The van der Waals surface area contributed by atoms with E-state index in [-0.39, 0.29) is 18.4 Å². The number of carboxylic acid groups (broad SMARTS) is 1. The Kier molecular flexibility index (Phi) is 4.36. The second kappa shape index (κ2) is 6.70. The minimum atomic E-state index is -1.19. The molecule has 2 saturated carbocycles. The summed E-state index contributed by atoms with van der Waals surface area (Å²) in [6, 6.07) is 16.7. The molecule has 2 aromatic carbocycles. The number of nitrogens with two attached hydrogens (primary N) is 1. The fraction of sp³-hybridized carbons (Fsp3) is 0.333. The largest absolute Gasteiger partial charge is 0.481 e. The summed E-state index contributed by atoms with van der Waals surface area (Å²) in [5.41, 5.74) is 5.84. The average Bonchev–Trinajstić information content (AvgIpc) is 3.32. The molecule has 27 heavy (non-hydrogen) atoms. The van der Waals surface area contributed by atoms with E-state index >= 15 is 0 Å². The number of carbonyl (C=O) groups is 2. The second-order valence-electron chi connectivity index (χ2n) is 7.27. The van der Waals surface area contributed by atoms with Crippen LogP contribution < -0.4 is 10.5 Å². The third kappa shape index (κ3) is 3.28. The molecule has 0 aromatic heterocycles. The van der Waals surface area contributed by atoms with E-state index in [1.807, 2.05) is 48.5 Å². The molecule has 0 saturated heterocycles. The van der Waals surface area contributed by atoms with Crippen LogP contribution >= 0.6 is 0 Å². The fourth-order valence-electron chi connectivity index (χ4n) is 4.19. The summed E-state index contributed by atoms with van der Waals surface area (Å²) < 4.78 is 11.2. The highest BCUT2D eigenvalue weighted by molar-refractivity contribution is 5.86. The van der Waals surface area contributed by atoms with E-state index in [0.29, 0.717) is 18.6 Å². The van der Waals surface area contributed by atoms with Crippen molar-refractivity contribution in [3.8, 4) is 11.5 Å². The lowest BCUT2D eigenvalue weighted by Crippen LogP contribution is -2.50. The first-order valence-corrected chi connectivity index (χ1v) is 9.00. The molecule has 0 amide bonds. The molecular weight excluding hydrogens is 346 g/mol. The first-order chi connectivity index (χ1) is 13.0. The van der Waals surface area contributed by atoms with Gasteiger partial charge in [0.15, 0.2) is 0 Å². The van der Waals surface area contributed by atoms with E-state index in [9.17, 15) is 14.7 Å². The van der Waals surface area contributed by atoms with Gasteiger partial charge in [-0.15, -0.1) is 0 Å². The van der Waals surface area contributed by atoms with Crippen LogP contribution in [0.1, 0.15) is 18.4 Å². The van der Waals surface area contributed by atoms with E-state index in [4.69, 9.17) is 15.2 Å². The number of hydrogen-bond acceptors (Lipinski definition) is 5. The summed E-state index contributed by atoms with van der Waals surface area (Å²) in [5, 5.41) is 9.21. The van der Waals surface area contributed by atoms with Crippen LogP contribution in [0.4, 0.5) is 0 Å². The van der Waals surface area contributed by atoms with Crippen molar-refractivity contribution in [2.45, 2.75) is 25.0 Å². The Morgan fingerprint density at radius 2 is 1.85 bits per heavy atom. The van der Waals surface area contributed by atoms with Crippen LogP contribution in [0.2, 0.25) is 0 Å². The van der Waals surface area contributed by atoms with Crippen LogP contribution in [-0.2, 0) is 20.9 Å². The topological polar surface area (TPSA) is 98.9 Å². The minimum Gasteiger partial charge on any atom is -0.481 e. The van der Waals surface area contributed by atoms with Crippen molar-refractivity contribution in [3.05, 3.63) is 60.2 Å². The van der Waals surface area contributed by atoms with Gasteiger partial charge in [0.2, 0.25) is 0 Å². The van der Waals surface area contributed by atoms with Crippen molar-refractivity contribution in [1.82, 2.24) is 0 Å². The Bertz CT molecular complexity index is 868. The molecule has 6 nitrogen and oxygen atoms in total. The molecule has 140 valence electrons. The van der Waals surface area contributed by atoms with E-state index in [2.05, 4.69) is 0 Å². The normalized spacial score (nSPS) is 28.3. The second-order valence-corrected chi connectivity index (χ2v) is 7.27. The first-order valence-electron chi connectivity index (χ1n) is 9.00. The molecule has 0 bridgehead atoms. The third-order valence-corrected chi connectivity index (χ3v) is 5.57. The number of benzene rings is 2. The number of carboxylic acids is 1. The van der Waals surface area contributed by atoms with Gasteiger partial charge in [-0.1, -0.05) is 30.3 Å². The zero-order chi connectivity index (χ0) is 19.0. The molecule has 0 aliphatic heterocycles. The van der Waals surface area contributed by atoms with Crippen molar-refractivity contribution in [2.24, 2.45) is 23.5 Å². The molecule has 2 aromatic rings. The minimum absolute atomic E-state index is 0.00245. The smallest absolute Gasteiger partial charge is 0.326 e. The van der Waals surface area contributed by atoms with Crippen LogP contribution in [0.5, 0.6) is 11.5 Å². The predicted molar refractivity (Wildman–Crippen MR) is 97.0 cm³/mol. The monoisotopic (exact) mass is 367 g/mol. The number of hydrogen-bond donors (Lipinski definition) is 2. The van der Waals surface area contributed by atoms with Crippen LogP contribution in [0.25, 0.3) is 0 Å². The highest BCUT2D eigenvalue weighted by atomic mass is 16.5. The Morgan fingerprint density at radius 1 is 1.11 bits per heavy atom. The van der Waals surface area contributed by atoms with Crippen molar-refractivity contribution < 1.29 is 24.2 Å². The summed E-state index contributed by atoms with van der Waals surface area (Å²) in [6.45, 7) is 0.0684. The maximum Gasteiger partial charge on any atom is 0.326 e.